The third-order valence-corrected chi connectivity index (χ3v) is 4.24. The molecule has 89 valence electrons. The Morgan fingerprint density at radius 3 is 3.31 bits per heavy atom. The van der Waals surface area contributed by atoms with E-state index in [1.807, 2.05) is 11.3 Å². The van der Waals surface area contributed by atoms with Crippen molar-refractivity contribution >= 4 is 11.3 Å². The molecule has 2 atom stereocenters. The van der Waals surface area contributed by atoms with Crippen LogP contribution in [0.4, 0.5) is 0 Å². The van der Waals surface area contributed by atoms with E-state index in [0.717, 1.165) is 13.0 Å². The number of fused-ring (bicyclic) bond motifs is 1. The summed E-state index contributed by atoms with van der Waals surface area (Å²) in [5.41, 5.74) is 1.50. The first-order chi connectivity index (χ1) is 7.81. The number of rotatable bonds is 5. The normalized spacial score (nSPS) is 21.8. The molecule has 0 aliphatic carbocycles. The fourth-order valence-corrected chi connectivity index (χ4v) is 3.22. The number of hydrogen-bond donors (Lipinski definition) is 0. The van der Waals surface area contributed by atoms with Crippen LogP contribution in [0, 0.1) is 12.3 Å². The largest absolute Gasteiger partial charge is 0.372 e. The summed E-state index contributed by atoms with van der Waals surface area (Å²) >= 11 is 1.84. The van der Waals surface area contributed by atoms with Crippen LogP contribution in [0.25, 0.3) is 0 Å². The maximum absolute atomic E-state index is 5.87. The minimum absolute atomic E-state index is 0.260. The average Bonchev–Trinajstić information content (AvgIpc) is 2.75. The topological polar surface area (TPSA) is 9.23 Å². The van der Waals surface area contributed by atoms with Gasteiger partial charge in [-0.05, 0) is 35.8 Å². The van der Waals surface area contributed by atoms with Crippen LogP contribution < -0.4 is 0 Å². The molecule has 2 heterocycles. The molecule has 2 rings (SSSR count). The number of unbranched alkanes of at least 4 members (excludes halogenated alkanes) is 1. The van der Waals surface area contributed by atoms with Crippen LogP contribution in [0.5, 0.6) is 0 Å². The summed E-state index contributed by atoms with van der Waals surface area (Å²) in [6.45, 7) is 5.44. The van der Waals surface area contributed by atoms with Gasteiger partial charge in [-0.1, -0.05) is 33.1 Å². The number of thiophene rings is 1. The van der Waals surface area contributed by atoms with E-state index in [0.29, 0.717) is 5.92 Å². The van der Waals surface area contributed by atoms with Crippen molar-refractivity contribution in [2.45, 2.75) is 45.6 Å². The standard InChI is InChI=1S/C14H21OS/c1-3-4-5-11(2)10-13-14-12(6-8-15-13)7-9-16-14/h7,9-11,13H,3-6,8H2,1-2H3/t11-,13+/m1/s1. The number of hydrogen-bond acceptors (Lipinski definition) is 2. The van der Waals surface area contributed by atoms with Crippen molar-refractivity contribution < 1.29 is 4.74 Å². The Bertz CT molecular complexity index is 318. The van der Waals surface area contributed by atoms with Gasteiger partial charge in [0.1, 0.15) is 0 Å². The molecule has 0 bridgehead atoms. The van der Waals surface area contributed by atoms with E-state index in [4.69, 9.17) is 4.74 Å². The molecule has 1 radical (unpaired) electrons. The highest BCUT2D eigenvalue weighted by Gasteiger charge is 2.23. The highest BCUT2D eigenvalue weighted by Crippen LogP contribution is 2.35. The van der Waals surface area contributed by atoms with Crippen LogP contribution in [0.15, 0.2) is 11.4 Å². The molecule has 1 aromatic rings. The van der Waals surface area contributed by atoms with Crippen molar-refractivity contribution in [3.05, 3.63) is 28.3 Å². The van der Waals surface area contributed by atoms with Crippen LogP contribution >= 0.6 is 11.3 Å². The lowest BCUT2D eigenvalue weighted by molar-refractivity contribution is 0.0601. The molecule has 0 saturated carbocycles. The van der Waals surface area contributed by atoms with Gasteiger partial charge in [-0.15, -0.1) is 11.3 Å². The maximum atomic E-state index is 5.87. The van der Waals surface area contributed by atoms with E-state index in [9.17, 15) is 0 Å². The molecule has 1 aliphatic heterocycles. The van der Waals surface area contributed by atoms with Crippen LogP contribution in [-0.4, -0.2) is 6.61 Å². The Kier molecular flexibility index (Phi) is 4.42. The summed E-state index contributed by atoms with van der Waals surface area (Å²) in [5, 5.41) is 2.19. The van der Waals surface area contributed by atoms with E-state index in [1.54, 1.807) is 0 Å². The molecule has 1 nitrogen and oxygen atoms in total. The van der Waals surface area contributed by atoms with Gasteiger partial charge in [0.25, 0.3) is 0 Å². The number of ether oxygens (including phenoxy) is 1. The smallest absolute Gasteiger partial charge is 0.0954 e. The summed E-state index contributed by atoms with van der Waals surface area (Å²) in [7, 11) is 0. The Morgan fingerprint density at radius 2 is 2.50 bits per heavy atom. The zero-order valence-corrected chi connectivity index (χ0v) is 11.1. The zero-order chi connectivity index (χ0) is 11.4. The van der Waals surface area contributed by atoms with Gasteiger partial charge in [-0.3, -0.25) is 0 Å². The van der Waals surface area contributed by atoms with Crippen LogP contribution in [0.2, 0.25) is 0 Å². The predicted octanol–water partition coefficient (Wildman–Crippen LogP) is 4.39. The van der Waals surface area contributed by atoms with Gasteiger partial charge in [0, 0.05) is 4.88 Å². The fourth-order valence-electron chi connectivity index (χ4n) is 2.24. The van der Waals surface area contributed by atoms with Crippen LogP contribution in [0.1, 0.15) is 49.7 Å². The summed E-state index contributed by atoms with van der Waals surface area (Å²) in [5.74, 6) is 0.665. The second-order valence-electron chi connectivity index (χ2n) is 4.66. The van der Waals surface area contributed by atoms with Gasteiger partial charge in [0.05, 0.1) is 12.7 Å². The van der Waals surface area contributed by atoms with E-state index in [2.05, 4.69) is 31.7 Å². The molecule has 0 fully saturated rings. The minimum atomic E-state index is 0.260. The molecular weight excluding hydrogens is 216 g/mol. The molecule has 1 aliphatic rings. The lowest BCUT2D eigenvalue weighted by atomic mass is 9.94. The Labute approximate surface area is 103 Å². The molecular formula is C14H21OS. The Balaban J connectivity index is 1.92. The van der Waals surface area contributed by atoms with Gasteiger partial charge >= 0.3 is 0 Å². The first-order valence-corrected chi connectivity index (χ1v) is 7.22. The highest BCUT2D eigenvalue weighted by molar-refractivity contribution is 7.10. The molecule has 2 heteroatoms. The lowest BCUT2D eigenvalue weighted by Gasteiger charge is -2.25. The predicted molar refractivity (Wildman–Crippen MR) is 69.7 cm³/mol. The molecule has 0 unspecified atom stereocenters. The average molecular weight is 237 g/mol. The second kappa shape index (κ2) is 5.83. The van der Waals surface area contributed by atoms with Crippen molar-refractivity contribution in [1.82, 2.24) is 0 Å². The SMILES string of the molecule is CCCC[C@@H](C)[CH][C@@H]1OCCc2ccsc21. The van der Waals surface area contributed by atoms with Crippen LogP contribution in [0.3, 0.4) is 0 Å². The maximum Gasteiger partial charge on any atom is 0.0954 e. The highest BCUT2D eigenvalue weighted by atomic mass is 32.1. The lowest BCUT2D eigenvalue weighted by Crippen LogP contribution is -2.17. The molecule has 16 heavy (non-hydrogen) atoms. The van der Waals surface area contributed by atoms with E-state index < -0.39 is 0 Å². The van der Waals surface area contributed by atoms with Gasteiger partial charge in [-0.2, -0.15) is 0 Å². The first-order valence-electron chi connectivity index (χ1n) is 6.34. The summed E-state index contributed by atoms with van der Waals surface area (Å²) in [6.07, 6.45) is 7.64. The Morgan fingerprint density at radius 1 is 1.62 bits per heavy atom. The van der Waals surface area contributed by atoms with E-state index >= 15 is 0 Å². The van der Waals surface area contributed by atoms with Gasteiger partial charge < -0.3 is 4.74 Å². The third-order valence-electron chi connectivity index (χ3n) is 3.22. The molecule has 1 aromatic heterocycles. The van der Waals surface area contributed by atoms with Crippen molar-refractivity contribution in [3.8, 4) is 0 Å². The first kappa shape index (κ1) is 12.1. The molecule has 0 N–H and O–H groups in total. The van der Waals surface area contributed by atoms with Crippen LogP contribution in [-0.2, 0) is 11.2 Å². The minimum Gasteiger partial charge on any atom is -0.372 e. The fraction of sp³-hybridized carbons (Fsp3) is 0.643. The summed E-state index contributed by atoms with van der Waals surface area (Å²) in [4.78, 5) is 1.44. The zero-order valence-electron chi connectivity index (χ0n) is 10.2. The van der Waals surface area contributed by atoms with Crippen molar-refractivity contribution in [3.63, 3.8) is 0 Å². The van der Waals surface area contributed by atoms with Gasteiger partial charge in [0.15, 0.2) is 0 Å². The molecule has 0 spiro atoms. The summed E-state index contributed by atoms with van der Waals surface area (Å²) in [6, 6.07) is 2.25. The monoisotopic (exact) mass is 237 g/mol. The van der Waals surface area contributed by atoms with Gasteiger partial charge in [-0.25, -0.2) is 0 Å². The Hall–Kier alpha value is -0.340. The van der Waals surface area contributed by atoms with Gasteiger partial charge in [0.2, 0.25) is 0 Å². The molecule has 0 amide bonds. The van der Waals surface area contributed by atoms with Crippen molar-refractivity contribution in [2.24, 2.45) is 5.92 Å². The molecule has 0 saturated heterocycles. The van der Waals surface area contributed by atoms with E-state index in [1.165, 1.54) is 29.7 Å². The molecule has 0 aromatic carbocycles. The third kappa shape index (κ3) is 2.86. The van der Waals surface area contributed by atoms with Crippen molar-refractivity contribution in [1.29, 1.82) is 0 Å². The van der Waals surface area contributed by atoms with E-state index in [-0.39, 0.29) is 6.10 Å². The quantitative estimate of drug-likeness (QED) is 0.738. The van der Waals surface area contributed by atoms with Crippen molar-refractivity contribution in [2.75, 3.05) is 6.61 Å². The summed E-state index contributed by atoms with van der Waals surface area (Å²) < 4.78 is 5.87. The second-order valence-corrected chi connectivity index (χ2v) is 5.61.